The van der Waals surface area contributed by atoms with Crippen molar-refractivity contribution in [3.8, 4) is 0 Å². The maximum absolute atomic E-state index is 12.4. The van der Waals surface area contributed by atoms with E-state index in [1.807, 2.05) is 18.7 Å². The van der Waals surface area contributed by atoms with E-state index in [9.17, 15) is 4.79 Å². The minimum Gasteiger partial charge on any atom is -0.396 e. The van der Waals surface area contributed by atoms with Gasteiger partial charge in [-0.1, -0.05) is 13.8 Å². The summed E-state index contributed by atoms with van der Waals surface area (Å²) in [6.45, 7) is 8.92. The van der Waals surface area contributed by atoms with Crippen molar-refractivity contribution in [2.75, 3.05) is 12.3 Å². The van der Waals surface area contributed by atoms with Crippen LogP contribution in [0.5, 0.6) is 0 Å². The lowest BCUT2D eigenvalue weighted by Crippen LogP contribution is -2.40. The normalized spacial score (nSPS) is 11.2. The molecule has 17 heavy (non-hydrogen) atoms. The van der Waals surface area contributed by atoms with E-state index >= 15 is 0 Å². The second-order valence-corrected chi connectivity index (χ2v) is 5.02. The van der Waals surface area contributed by atoms with E-state index in [0.717, 1.165) is 6.54 Å². The number of hydrogen-bond donors (Lipinski definition) is 1. The lowest BCUT2D eigenvalue weighted by atomic mass is 10.1. The monoisotopic (exact) mass is 238 g/mol. The number of amides is 1. The fraction of sp³-hybridized carbons (Fsp3) is 0.667. The van der Waals surface area contributed by atoms with Crippen molar-refractivity contribution in [3.63, 3.8) is 0 Å². The Kier molecular flexibility index (Phi) is 4.15. The van der Waals surface area contributed by atoms with Crippen molar-refractivity contribution in [2.24, 2.45) is 13.0 Å². The number of nitrogens with two attached hydrogens (primary N) is 1. The molecule has 0 aliphatic carbocycles. The second-order valence-electron chi connectivity index (χ2n) is 5.02. The summed E-state index contributed by atoms with van der Waals surface area (Å²) in [5.74, 6) is 0.377. The van der Waals surface area contributed by atoms with Crippen LogP contribution in [-0.4, -0.2) is 33.2 Å². The van der Waals surface area contributed by atoms with Crippen molar-refractivity contribution >= 4 is 11.6 Å². The molecule has 1 amide bonds. The van der Waals surface area contributed by atoms with Crippen LogP contribution in [0.25, 0.3) is 0 Å². The van der Waals surface area contributed by atoms with Crippen molar-refractivity contribution in [1.29, 1.82) is 0 Å². The Morgan fingerprint density at radius 1 is 1.47 bits per heavy atom. The number of aromatic nitrogens is 2. The highest BCUT2D eigenvalue weighted by atomic mass is 16.2. The van der Waals surface area contributed by atoms with Crippen LogP contribution in [0.15, 0.2) is 6.20 Å². The molecule has 0 aliphatic heterocycles. The third-order valence-electron chi connectivity index (χ3n) is 2.62. The summed E-state index contributed by atoms with van der Waals surface area (Å²) < 4.78 is 1.54. The summed E-state index contributed by atoms with van der Waals surface area (Å²) in [6, 6.07) is 0.152. The number of carbonyl (C=O) groups is 1. The molecule has 0 bridgehead atoms. The summed E-state index contributed by atoms with van der Waals surface area (Å²) in [5.41, 5.74) is 6.69. The molecule has 0 saturated carbocycles. The zero-order chi connectivity index (χ0) is 13.2. The molecular weight excluding hydrogens is 216 g/mol. The predicted octanol–water partition coefficient (Wildman–Crippen LogP) is 1.51. The summed E-state index contributed by atoms with van der Waals surface area (Å²) in [6.07, 6.45) is 1.51. The molecule has 2 N–H and O–H groups in total. The molecule has 0 spiro atoms. The second kappa shape index (κ2) is 5.21. The number of carbonyl (C=O) groups excluding carboxylic acids is 1. The number of nitrogens with zero attached hydrogens (tertiary/aromatic N) is 3. The van der Waals surface area contributed by atoms with Gasteiger partial charge >= 0.3 is 0 Å². The Hall–Kier alpha value is -1.52. The quantitative estimate of drug-likeness (QED) is 0.864. The predicted molar refractivity (Wildman–Crippen MR) is 68.6 cm³/mol. The van der Waals surface area contributed by atoms with Gasteiger partial charge in [-0.3, -0.25) is 9.48 Å². The van der Waals surface area contributed by atoms with Gasteiger partial charge in [-0.25, -0.2) is 0 Å². The van der Waals surface area contributed by atoms with Crippen molar-refractivity contribution < 1.29 is 4.79 Å². The van der Waals surface area contributed by atoms with Gasteiger partial charge in [-0.05, 0) is 19.8 Å². The first-order valence-corrected chi connectivity index (χ1v) is 5.93. The van der Waals surface area contributed by atoms with Gasteiger partial charge < -0.3 is 10.6 Å². The van der Waals surface area contributed by atoms with Gasteiger partial charge in [0.15, 0.2) is 0 Å². The van der Waals surface area contributed by atoms with Crippen LogP contribution in [0, 0.1) is 5.92 Å². The highest BCUT2D eigenvalue weighted by Gasteiger charge is 2.24. The third-order valence-corrected chi connectivity index (χ3v) is 2.62. The van der Waals surface area contributed by atoms with Gasteiger partial charge in [0.2, 0.25) is 0 Å². The molecule has 96 valence electrons. The average molecular weight is 238 g/mol. The first kappa shape index (κ1) is 13.5. The van der Waals surface area contributed by atoms with Crippen LogP contribution in [0.1, 0.15) is 38.2 Å². The largest absolute Gasteiger partial charge is 0.396 e. The maximum atomic E-state index is 12.4. The SMILES string of the molecule is CC(C)CN(C(=O)c1c(N)cnn1C)C(C)C. The van der Waals surface area contributed by atoms with Gasteiger partial charge in [-0.15, -0.1) is 0 Å². The third kappa shape index (κ3) is 2.99. The summed E-state index contributed by atoms with van der Waals surface area (Å²) in [7, 11) is 1.73. The highest BCUT2D eigenvalue weighted by molar-refractivity contribution is 5.97. The molecule has 0 atom stereocenters. The van der Waals surface area contributed by atoms with E-state index in [4.69, 9.17) is 5.73 Å². The van der Waals surface area contributed by atoms with Crippen LogP contribution in [0.4, 0.5) is 5.69 Å². The summed E-state index contributed by atoms with van der Waals surface area (Å²) >= 11 is 0. The minimum absolute atomic E-state index is 0.0498. The van der Waals surface area contributed by atoms with Gasteiger partial charge in [0.25, 0.3) is 5.91 Å². The van der Waals surface area contributed by atoms with Crippen molar-refractivity contribution in [3.05, 3.63) is 11.9 Å². The van der Waals surface area contributed by atoms with Crippen LogP contribution >= 0.6 is 0 Å². The Morgan fingerprint density at radius 2 is 2.06 bits per heavy atom. The molecule has 0 fully saturated rings. The summed E-state index contributed by atoms with van der Waals surface area (Å²) in [5, 5.41) is 4.00. The van der Waals surface area contributed by atoms with Crippen LogP contribution < -0.4 is 5.73 Å². The molecule has 5 heteroatoms. The van der Waals surface area contributed by atoms with E-state index in [1.165, 1.54) is 10.9 Å². The van der Waals surface area contributed by atoms with Crippen molar-refractivity contribution in [1.82, 2.24) is 14.7 Å². The van der Waals surface area contributed by atoms with E-state index in [2.05, 4.69) is 18.9 Å². The molecular formula is C12H22N4O. The first-order chi connectivity index (χ1) is 7.84. The highest BCUT2D eigenvalue weighted by Crippen LogP contribution is 2.15. The summed E-state index contributed by atoms with van der Waals surface area (Å²) in [4.78, 5) is 14.2. The Labute approximate surface area is 103 Å². The molecule has 0 radical (unpaired) electrons. The Balaban J connectivity index is 3.00. The molecule has 1 heterocycles. The smallest absolute Gasteiger partial charge is 0.274 e. The fourth-order valence-corrected chi connectivity index (χ4v) is 1.77. The van der Waals surface area contributed by atoms with Crippen LogP contribution in [-0.2, 0) is 7.05 Å². The van der Waals surface area contributed by atoms with Crippen LogP contribution in [0.3, 0.4) is 0 Å². The standard InChI is InChI=1S/C12H22N4O/c1-8(2)7-16(9(3)4)12(17)11-10(13)6-14-15(11)5/h6,8-9H,7,13H2,1-5H3. The Morgan fingerprint density at radius 3 is 2.41 bits per heavy atom. The average Bonchev–Trinajstić information content (AvgIpc) is 2.53. The molecule has 1 aromatic heterocycles. The van der Waals surface area contributed by atoms with Crippen LogP contribution in [0.2, 0.25) is 0 Å². The maximum Gasteiger partial charge on any atom is 0.274 e. The van der Waals surface area contributed by atoms with Gasteiger partial charge in [0.1, 0.15) is 5.69 Å². The van der Waals surface area contributed by atoms with E-state index in [-0.39, 0.29) is 11.9 Å². The zero-order valence-corrected chi connectivity index (χ0v) is 11.3. The van der Waals surface area contributed by atoms with E-state index in [0.29, 0.717) is 17.3 Å². The van der Waals surface area contributed by atoms with E-state index < -0.39 is 0 Å². The molecule has 1 rings (SSSR count). The fourth-order valence-electron chi connectivity index (χ4n) is 1.77. The van der Waals surface area contributed by atoms with Gasteiger partial charge in [0, 0.05) is 19.6 Å². The number of hydrogen-bond acceptors (Lipinski definition) is 3. The van der Waals surface area contributed by atoms with E-state index in [1.54, 1.807) is 7.05 Å². The molecule has 0 unspecified atom stereocenters. The molecule has 1 aromatic rings. The lowest BCUT2D eigenvalue weighted by Gasteiger charge is -2.28. The molecule has 0 aromatic carbocycles. The number of aryl methyl sites for hydroxylation is 1. The molecule has 5 nitrogen and oxygen atoms in total. The molecule has 0 aliphatic rings. The molecule has 0 saturated heterocycles. The number of nitrogen functional groups attached to an aromatic ring is 1. The lowest BCUT2D eigenvalue weighted by molar-refractivity contribution is 0.0672. The first-order valence-electron chi connectivity index (χ1n) is 5.93. The number of rotatable bonds is 4. The van der Waals surface area contributed by atoms with Gasteiger partial charge in [-0.2, -0.15) is 5.10 Å². The van der Waals surface area contributed by atoms with Gasteiger partial charge in [0.05, 0.1) is 11.9 Å². The van der Waals surface area contributed by atoms with Crippen molar-refractivity contribution in [2.45, 2.75) is 33.7 Å². The Bertz CT molecular complexity index is 376. The minimum atomic E-state index is -0.0498. The number of anilines is 1. The zero-order valence-electron chi connectivity index (χ0n) is 11.3. The topological polar surface area (TPSA) is 64.2 Å².